The average Bonchev–Trinajstić information content (AvgIpc) is 3.26. The van der Waals surface area contributed by atoms with E-state index in [1.54, 1.807) is 16.0 Å². The molecule has 1 N–H and O–H groups in total. The maximum atomic E-state index is 13.2. The lowest BCUT2D eigenvalue weighted by Crippen LogP contribution is -2.14. The number of hydrogen-bond acceptors (Lipinski definition) is 4. The Bertz CT molecular complexity index is 1160. The highest BCUT2D eigenvalue weighted by molar-refractivity contribution is 9.10. The molecule has 7 heteroatoms. The fourth-order valence-corrected chi connectivity index (χ4v) is 4.14. The molecule has 3 aromatic heterocycles. The van der Waals surface area contributed by atoms with Gasteiger partial charge in [-0.25, -0.2) is 4.98 Å². The number of pyridine rings is 1. The molecule has 0 bridgehead atoms. The third kappa shape index (κ3) is 3.28. The number of carbonyl (C=O) groups excluding carboxylic acids is 1. The zero-order chi connectivity index (χ0) is 19.1. The lowest BCUT2D eigenvalue weighted by Gasteiger charge is -2.11. The van der Waals surface area contributed by atoms with Crippen LogP contribution >= 0.6 is 27.3 Å². The van der Waals surface area contributed by atoms with Gasteiger partial charge in [0.05, 0.1) is 27.2 Å². The molecule has 4 aromatic rings. The van der Waals surface area contributed by atoms with Crippen LogP contribution in [0.15, 0.2) is 46.3 Å². The van der Waals surface area contributed by atoms with Crippen molar-refractivity contribution in [1.29, 1.82) is 0 Å². The van der Waals surface area contributed by atoms with Crippen LogP contribution in [0.2, 0.25) is 0 Å². The zero-order valence-electron chi connectivity index (χ0n) is 15.1. The summed E-state index contributed by atoms with van der Waals surface area (Å²) in [5, 5.41) is 10.3. The zero-order valence-corrected chi connectivity index (χ0v) is 17.5. The summed E-state index contributed by atoms with van der Waals surface area (Å²) in [5.41, 5.74) is 4.62. The molecule has 0 aliphatic heterocycles. The molecule has 4 rings (SSSR count). The second-order valence-corrected chi connectivity index (χ2v) is 8.22. The molecule has 0 saturated heterocycles. The number of nitrogens with zero attached hydrogens (tertiary/aromatic N) is 3. The molecule has 1 amide bonds. The number of nitrogens with one attached hydrogen (secondary N) is 1. The Morgan fingerprint density at radius 3 is 2.78 bits per heavy atom. The summed E-state index contributed by atoms with van der Waals surface area (Å²) < 4.78 is 2.64. The van der Waals surface area contributed by atoms with Crippen molar-refractivity contribution >= 4 is 49.9 Å². The summed E-state index contributed by atoms with van der Waals surface area (Å²) in [7, 11) is 1.85. The Balaban J connectivity index is 1.86. The molecule has 136 valence electrons. The van der Waals surface area contributed by atoms with Gasteiger partial charge in [-0.15, -0.1) is 11.3 Å². The first-order chi connectivity index (χ1) is 12.9. The second kappa shape index (κ2) is 6.90. The number of halogens is 1. The number of thiophene rings is 1. The van der Waals surface area contributed by atoms with Gasteiger partial charge in [-0.05, 0) is 49.1 Å². The lowest BCUT2D eigenvalue weighted by atomic mass is 10.1. The van der Waals surface area contributed by atoms with Gasteiger partial charge < -0.3 is 5.32 Å². The minimum Gasteiger partial charge on any atom is -0.322 e. The number of carbonyl (C=O) groups is 1. The van der Waals surface area contributed by atoms with Crippen molar-refractivity contribution in [3.8, 4) is 10.6 Å². The van der Waals surface area contributed by atoms with Crippen molar-refractivity contribution in [2.24, 2.45) is 7.05 Å². The van der Waals surface area contributed by atoms with E-state index in [1.165, 1.54) is 0 Å². The van der Waals surface area contributed by atoms with Gasteiger partial charge in [0.1, 0.15) is 0 Å². The van der Waals surface area contributed by atoms with Crippen molar-refractivity contribution < 1.29 is 4.79 Å². The summed E-state index contributed by atoms with van der Waals surface area (Å²) in [6.45, 7) is 3.87. The molecule has 0 unspecified atom stereocenters. The quantitative estimate of drug-likeness (QED) is 0.468. The maximum absolute atomic E-state index is 13.2. The SMILES string of the molecule is Cc1ccc(Br)cc1NC(=O)c1cc(-c2cccs2)nc2c1c(C)nn2C. The van der Waals surface area contributed by atoms with E-state index in [1.807, 2.05) is 62.7 Å². The van der Waals surface area contributed by atoms with Crippen LogP contribution in [0, 0.1) is 13.8 Å². The fraction of sp³-hybridized carbons (Fsp3) is 0.150. The molecular formula is C20H17BrN4OS. The number of amides is 1. The third-order valence-electron chi connectivity index (χ3n) is 4.43. The van der Waals surface area contributed by atoms with E-state index < -0.39 is 0 Å². The van der Waals surface area contributed by atoms with E-state index in [-0.39, 0.29) is 5.91 Å². The van der Waals surface area contributed by atoms with Crippen LogP contribution in [0.3, 0.4) is 0 Å². The van der Waals surface area contributed by atoms with E-state index in [2.05, 4.69) is 26.3 Å². The molecule has 0 fully saturated rings. The number of aryl methyl sites for hydroxylation is 3. The molecule has 3 heterocycles. The number of rotatable bonds is 3. The van der Waals surface area contributed by atoms with E-state index in [0.717, 1.165) is 37.4 Å². The minimum atomic E-state index is -0.169. The number of aromatic nitrogens is 3. The van der Waals surface area contributed by atoms with Crippen molar-refractivity contribution in [2.75, 3.05) is 5.32 Å². The first-order valence-electron chi connectivity index (χ1n) is 8.40. The topological polar surface area (TPSA) is 59.8 Å². The van der Waals surface area contributed by atoms with E-state index in [0.29, 0.717) is 11.2 Å². The van der Waals surface area contributed by atoms with Crippen LogP contribution in [-0.4, -0.2) is 20.7 Å². The average molecular weight is 441 g/mol. The highest BCUT2D eigenvalue weighted by Crippen LogP contribution is 2.30. The summed E-state index contributed by atoms with van der Waals surface area (Å²) in [6.07, 6.45) is 0. The lowest BCUT2D eigenvalue weighted by molar-refractivity contribution is 0.102. The van der Waals surface area contributed by atoms with Gasteiger partial charge in [-0.3, -0.25) is 9.48 Å². The molecule has 0 saturated carbocycles. The van der Waals surface area contributed by atoms with Gasteiger partial charge >= 0.3 is 0 Å². The van der Waals surface area contributed by atoms with Crippen LogP contribution in [0.5, 0.6) is 0 Å². The molecular weight excluding hydrogens is 424 g/mol. The highest BCUT2D eigenvalue weighted by atomic mass is 79.9. The number of benzene rings is 1. The van der Waals surface area contributed by atoms with Crippen LogP contribution in [0.4, 0.5) is 5.69 Å². The second-order valence-electron chi connectivity index (χ2n) is 6.35. The van der Waals surface area contributed by atoms with Crippen molar-refractivity contribution in [2.45, 2.75) is 13.8 Å². The van der Waals surface area contributed by atoms with Gasteiger partial charge in [0, 0.05) is 17.2 Å². The molecule has 0 radical (unpaired) electrons. The summed E-state index contributed by atoms with van der Waals surface area (Å²) >= 11 is 5.06. The summed E-state index contributed by atoms with van der Waals surface area (Å²) in [5.74, 6) is -0.169. The van der Waals surface area contributed by atoms with Crippen molar-refractivity contribution in [3.63, 3.8) is 0 Å². The van der Waals surface area contributed by atoms with Crippen LogP contribution < -0.4 is 5.32 Å². The first kappa shape index (κ1) is 17.9. The maximum Gasteiger partial charge on any atom is 0.256 e. The van der Waals surface area contributed by atoms with Gasteiger partial charge in [0.25, 0.3) is 5.91 Å². The molecule has 0 atom stereocenters. The van der Waals surface area contributed by atoms with Crippen molar-refractivity contribution in [3.05, 3.63) is 63.1 Å². The normalized spacial score (nSPS) is 11.1. The Morgan fingerprint density at radius 2 is 2.04 bits per heavy atom. The molecule has 1 aromatic carbocycles. The minimum absolute atomic E-state index is 0.169. The standard InChI is InChI=1S/C20H17BrN4OS/c1-11-6-7-13(21)9-15(11)23-20(26)14-10-16(17-5-4-8-27-17)22-19-18(14)12(2)24-25(19)3/h4-10H,1-3H3,(H,23,26). The predicted molar refractivity (Wildman–Crippen MR) is 113 cm³/mol. The summed E-state index contributed by atoms with van der Waals surface area (Å²) in [4.78, 5) is 18.9. The largest absolute Gasteiger partial charge is 0.322 e. The van der Waals surface area contributed by atoms with Gasteiger partial charge in [0.15, 0.2) is 5.65 Å². The van der Waals surface area contributed by atoms with E-state index >= 15 is 0 Å². The highest BCUT2D eigenvalue weighted by Gasteiger charge is 2.20. The Hall–Kier alpha value is -2.51. The smallest absolute Gasteiger partial charge is 0.256 e. The molecule has 0 aliphatic carbocycles. The predicted octanol–water partition coefficient (Wildman–Crippen LogP) is 5.33. The monoisotopic (exact) mass is 440 g/mol. The molecule has 27 heavy (non-hydrogen) atoms. The van der Waals surface area contributed by atoms with Gasteiger partial charge in [-0.1, -0.05) is 28.1 Å². The molecule has 0 aliphatic rings. The summed E-state index contributed by atoms with van der Waals surface area (Å²) in [6, 6.07) is 11.7. The van der Waals surface area contributed by atoms with Crippen molar-refractivity contribution in [1.82, 2.24) is 14.8 Å². The van der Waals surface area contributed by atoms with Crippen LogP contribution in [0.25, 0.3) is 21.6 Å². The van der Waals surface area contributed by atoms with Crippen LogP contribution in [0.1, 0.15) is 21.6 Å². The van der Waals surface area contributed by atoms with E-state index in [9.17, 15) is 4.79 Å². The molecule has 0 spiro atoms. The third-order valence-corrected chi connectivity index (χ3v) is 5.82. The van der Waals surface area contributed by atoms with Gasteiger partial charge in [-0.2, -0.15) is 5.10 Å². The number of fused-ring (bicyclic) bond motifs is 1. The number of hydrogen-bond donors (Lipinski definition) is 1. The van der Waals surface area contributed by atoms with Gasteiger partial charge in [0.2, 0.25) is 0 Å². The Kier molecular flexibility index (Phi) is 4.57. The Morgan fingerprint density at radius 1 is 1.22 bits per heavy atom. The number of anilines is 1. The first-order valence-corrected chi connectivity index (χ1v) is 10.1. The Labute approximate surface area is 169 Å². The van der Waals surface area contributed by atoms with E-state index in [4.69, 9.17) is 4.98 Å². The molecule has 5 nitrogen and oxygen atoms in total. The fourth-order valence-electron chi connectivity index (χ4n) is 3.09. The van der Waals surface area contributed by atoms with Crippen LogP contribution in [-0.2, 0) is 7.05 Å².